The van der Waals surface area contributed by atoms with Gasteiger partial charge < -0.3 is 14.8 Å². The Kier molecular flexibility index (Phi) is 5.00. The average Bonchev–Trinajstić information content (AvgIpc) is 2.68. The fraction of sp³-hybridized carbons (Fsp3) is 0.0952. The highest BCUT2D eigenvalue weighted by molar-refractivity contribution is 6.10. The molecule has 0 atom stereocenters. The number of hydrogen-bond donors (Lipinski definition) is 1. The average molecular weight is 333 g/mol. The predicted molar refractivity (Wildman–Crippen MR) is 99.1 cm³/mol. The van der Waals surface area contributed by atoms with Crippen molar-refractivity contribution in [3.8, 4) is 11.5 Å². The zero-order valence-electron chi connectivity index (χ0n) is 14.2. The molecule has 0 aliphatic rings. The maximum Gasteiger partial charge on any atom is 0.196 e. The third-order valence-corrected chi connectivity index (χ3v) is 3.88. The minimum atomic E-state index is -0.0682. The molecule has 1 N–H and O–H groups in total. The largest absolute Gasteiger partial charge is 0.496 e. The van der Waals surface area contributed by atoms with Crippen molar-refractivity contribution >= 4 is 17.2 Å². The lowest BCUT2D eigenvalue weighted by atomic mass is 10.0. The van der Waals surface area contributed by atoms with Crippen LogP contribution in [-0.2, 0) is 0 Å². The van der Waals surface area contributed by atoms with Gasteiger partial charge in [0.15, 0.2) is 5.78 Å². The van der Waals surface area contributed by atoms with E-state index in [0.717, 1.165) is 17.1 Å². The Morgan fingerprint density at radius 1 is 0.760 bits per heavy atom. The van der Waals surface area contributed by atoms with Crippen LogP contribution in [0.4, 0.5) is 11.4 Å². The SMILES string of the molecule is COc1ccccc1Nc1ccc(C(=O)c2ccccc2OC)cc1. The molecule has 0 amide bonds. The van der Waals surface area contributed by atoms with E-state index >= 15 is 0 Å². The first-order valence-corrected chi connectivity index (χ1v) is 7.90. The monoisotopic (exact) mass is 333 g/mol. The van der Waals surface area contributed by atoms with Crippen molar-refractivity contribution in [2.75, 3.05) is 19.5 Å². The number of ketones is 1. The van der Waals surface area contributed by atoms with E-state index in [1.165, 1.54) is 0 Å². The highest BCUT2D eigenvalue weighted by Gasteiger charge is 2.13. The summed E-state index contributed by atoms with van der Waals surface area (Å²) in [5, 5.41) is 3.29. The maximum absolute atomic E-state index is 12.7. The van der Waals surface area contributed by atoms with E-state index in [1.54, 1.807) is 38.5 Å². The molecule has 0 saturated heterocycles. The van der Waals surface area contributed by atoms with Gasteiger partial charge >= 0.3 is 0 Å². The molecule has 4 heteroatoms. The third kappa shape index (κ3) is 3.63. The van der Waals surface area contributed by atoms with Crippen molar-refractivity contribution in [1.29, 1.82) is 0 Å². The van der Waals surface area contributed by atoms with Gasteiger partial charge in [0.05, 0.1) is 25.5 Å². The third-order valence-electron chi connectivity index (χ3n) is 3.88. The Hall–Kier alpha value is -3.27. The van der Waals surface area contributed by atoms with Gasteiger partial charge in [-0.05, 0) is 48.5 Å². The van der Waals surface area contributed by atoms with E-state index < -0.39 is 0 Å². The van der Waals surface area contributed by atoms with Gasteiger partial charge in [-0.25, -0.2) is 0 Å². The Labute approximate surface area is 147 Å². The summed E-state index contributed by atoms with van der Waals surface area (Å²) in [5.41, 5.74) is 2.90. The van der Waals surface area contributed by atoms with Gasteiger partial charge in [0, 0.05) is 11.3 Å². The Morgan fingerprint density at radius 3 is 2.04 bits per heavy atom. The number of anilines is 2. The summed E-state index contributed by atoms with van der Waals surface area (Å²) in [6, 6.07) is 22.2. The summed E-state index contributed by atoms with van der Waals surface area (Å²) < 4.78 is 10.6. The molecule has 0 unspecified atom stereocenters. The van der Waals surface area contributed by atoms with Crippen LogP contribution < -0.4 is 14.8 Å². The molecule has 0 radical (unpaired) electrons. The molecule has 4 nitrogen and oxygen atoms in total. The highest BCUT2D eigenvalue weighted by atomic mass is 16.5. The van der Waals surface area contributed by atoms with Crippen molar-refractivity contribution < 1.29 is 14.3 Å². The molecule has 0 heterocycles. The normalized spacial score (nSPS) is 10.2. The molecule has 126 valence electrons. The summed E-state index contributed by atoms with van der Waals surface area (Å²) >= 11 is 0. The summed E-state index contributed by atoms with van der Waals surface area (Å²) in [6.45, 7) is 0. The van der Waals surface area contributed by atoms with Crippen LogP contribution in [0.15, 0.2) is 72.8 Å². The molecule has 0 fully saturated rings. The molecule has 25 heavy (non-hydrogen) atoms. The number of hydrogen-bond acceptors (Lipinski definition) is 4. The molecule has 3 aromatic carbocycles. The Morgan fingerprint density at radius 2 is 1.36 bits per heavy atom. The zero-order chi connectivity index (χ0) is 17.6. The maximum atomic E-state index is 12.7. The lowest BCUT2D eigenvalue weighted by Gasteiger charge is -2.11. The molecule has 0 bridgehead atoms. The van der Waals surface area contributed by atoms with Gasteiger partial charge in [-0.3, -0.25) is 4.79 Å². The van der Waals surface area contributed by atoms with Crippen molar-refractivity contribution in [1.82, 2.24) is 0 Å². The molecular formula is C21H19NO3. The summed E-state index contributed by atoms with van der Waals surface area (Å²) in [4.78, 5) is 12.7. The number of methoxy groups -OCH3 is 2. The minimum absolute atomic E-state index is 0.0682. The second kappa shape index (κ2) is 7.53. The number of rotatable bonds is 6. The van der Waals surface area contributed by atoms with Gasteiger partial charge in [-0.2, -0.15) is 0 Å². The van der Waals surface area contributed by atoms with Gasteiger partial charge in [-0.15, -0.1) is 0 Å². The molecule has 0 aliphatic carbocycles. The molecule has 3 aromatic rings. The fourth-order valence-electron chi connectivity index (χ4n) is 2.60. The van der Waals surface area contributed by atoms with E-state index in [1.807, 2.05) is 48.5 Å². The second-order valence-corrected chi connectivity index (χ2v) is 5.43. The van der Waals surface area contributed by atoms with Crippen LogP contribution in [0, 0.1) is 0 Å². The number of ether oxygens (including phenoxy) is 2. The lowest BCUT2D eigenvalue weighted by Crippen LogP contribution is -2.04. The molecule has 0 spiro atoms. The van der Waals surface area contributed by atoms with E-state index in [4.69, 9.17) is 9.47 Å². The topological polar surface area (TPSA) is 47.6 Å². The summed E-state index contributed by atoms with van der Waals surface area (Å²) in [6.07, 6.45) is 0. The van der Waals surface area contributed by atoms with Gasteiger partial charge in [-0.1, -0.05) is 24.3 Å². The van der Waals surface area contributed by atoms with Crippen LogP contribution in [0.1, 0.15) is 15.9 Å². The van der Waals surface area contributed by atoms with Crippen molar-refractivity contribution in [2.45, 2.75) is 0 Å². The molecule has 3 rings (SSSR count). The first-order valence-electron chi connectivity index (χ1n) is 7.90. The first-order chi connectivity index (χ1) is 12.2. The zero-order valence-corrected chi connectivity index (χ0v) is 14.2. The standard InChI is InChI=1S/C21H19NO3/c1-24-19-9-5-3-7-17(19)21(23)15-11-13-16(14-12-15)22-18-8-4-6-10-20(18)25-2/h3-14,22H,1-2H3. The summed E-state index contributed by atoms with van der Waals surface area (Å²) in [5.74, 6) is 1.27. The van der Waals surface area contributed by atoms with Crippen LogP contribution in [0.2, 0.25) is 0 Å². The Bertz CT molecular complexity index is 872. The van der Waals surface area contributed by atoms with Gasteiger partial charge in [0.25, 0.3) is 0 Å². The van der Waals surface area contributed by atoms with Crippen molar-refractivity contribution in [2.24, 2.45) is 0 Å². The fourth-order valence-corrected chi connectivity index (χ4v) is 2.60. The van der Waals surface area contributed by atoms with E-state index in [-0.39, 0.29) is 5.78 Å². The molecule has 0 aromatic heterocycles. The predicted octanol–water partition coefficient (Wildman–Crippen LogP) is 4.68. The van der Waals surface area contributed by atoms with Crippen LogP contribution in [0.3, 0.4) is 0 Å². The van der Waals surface area contributed by atoms with Crippen LogP contribution in [-0.4, -0.2) is 20.0 Å². The number of carbonyl (C=O) groups excluding carboxylic acids is 1. The molecule has 0 saturated carbocycles. The minimum Gasteiger partial charge on any atom is -0.496 e. The number of para-hydroxylation sites is 3. The number of benzene rings is 3. The van der Waals surface area contributed by atoms with Crippen LogP contribution >= 0.6 is 0 Å². The Balaban J connectivity index is 1.81. The highest BCUT2D eigenvalue weighted by Crippen LogP contribution is 2.27. The summed E-state index contributed by atoms with van der Waals surface area (Å²) in [7, 11) is 3.20. The molecule has 0 aliphatic heterocycles. The van der Waals surface area contributed by atoms with Crippen molar-refractivity contribution in [3.05, 3.63) is 83.9 Å². The van der Waals surface area contributed by atoms with Gasteiger partial charge in [0.2, 0.25) is 0 Å². The smallest absolute Gasteiger partial charge is 0.196 e. The quantitative estimate of drug-likeness (QED) is 0.666. The van der Waals surface area contributed by atoms with Gasteiger partial charge in [0.1, 0.15) is 11.5 Å². The van der Waals surface area contributed by atoms with Crippen molar-refractivity contribution in [3.63, 3.8) is 0 Å². The van der Waals surface area contributed by atoms with E-state index in [2.05, 4.69) is 5.32 Å². The lowest BCUT2D eigenvalue weighted by molar-refractivity contribution is 0.103. The number of nitrogens with one attached hydrogen (secondary N) is 1. The van der Waals surface area contributed by atoms with E-state index in [0.29, 0.717) is 16.9 Å². The van der Waals surface area contributed by atoms with Crippen LogP contribution in [0.25, 0.3) is 0 Å². The van der Waals surface area contributed by atoms with Crippen LogP contribution in [0.5, 0.6) is 11.5 Å². The number of carbonyl (C=O) groups is 1. The molecular weight excluding hydrogens is 314 g/mol. The second-order valence-electron chi connectivity index (χ2n) is 5.43. The van der Waals surface area contributed by atoms with E-state index in [9.17, 15) is 4.79 Å². The first kappa shape index (κ1) is 16.6.